The van der Waals surface area contributed by atoms with Crippen molar-refractivity contribution in [3.63, 3.8) is 0 Å². The lowest BCUT2D eigenvalue weighted by atomic mass is 9.88. The number of rotatable bonds is 2. The zero-order chi connectivity index (χ0) is 11.0. The smallest absolute Gasteiger partial charge is 0.0168 e. The van der Waals surface area contributed by atoms with E-state index in [4.69, 9.17) is 0 Å². The van der Waals surface area contributed by atoms with Gasteiger partial charge in [-0.3, -0.25) is 0 Å². The van der Waals surface area contributed by atoms with Gasteiger partial charge in [-0.25, -0.2) is 0 Å². The van der Waals surface area contributed by atoms with Gasteiger partial charge in [-0.15, -0.1) is 6.58 Å². The lowest BCUT2D eigenvalue weighted by Gasteiger charge is -2.16. The van der Waals surface area contributed by atoms with Crippen LogP contribution < -0.4 is 0 Å². The zero-order valence-corrected chi connectivity index (χ0v) is 9.11. The molecule has 0 nitrogen and oxygen atoms in total. The Bertz CT molecular complexity index is 583. The van der Waals surface area contributed by atoms with Crippen LogP contribution in [0.3, 0.4) is 0 Å². The van der Waals surface area contributed by atoms with E-state index < -0.39 is 0 Å². The first-order valence-corrected chi connectivity index (χ1v) is 5.56. The normalized spacial score (nSPS) is 13.6. The minimum absolute atomic E-state index is 0.935. The molecule has 0 unspecified atom stereocenters. The van der Waals surface area contributed by atoms with Gasteiger partial charge in [0.25, 0.3) is 0 Å². The Balaban J connectivity index is 2.27. The van der Waals surface area contributed by atoms with Crippen molar-refractivity contribution in [1.82, 2.24) is 0 Å². The van der Waals surface area contributed by atoms with E-state index in [0.717, 1.165) is 6.42 Å². The molecule has 0 bridgehead atoms. The fraction of sp³-hybridized carbons (Fsp3) is 0.0625. The van der Waals surface area contributed by atoms with Gasteiger partial charge in [0.1, 0.15) is 0 Å². The van der Waals surface area contributed by atoms with Crippen LogP contribution in [0.25, 0.3) is 16.8 Å². The summed E-state index contributed by atoms with van der Waals surface area (Å²) in [5, 5.41) is 2.69. The van der Waals surface area contributed by atoms with Crippen molar-refractivity contribution in [2.75, 3.05) is 0 Å². The first-order valence-electron chi connectivity index (χ1n) is 5.56. The van der Waals surface area contributed by atoms with Crippen molar-refractivity contribution in [2.24, 2.45) is 0 Å². The van der Waals surface area contributed by atoms with Crippen molar-refractivity contribution >= 4 is 16.8 Å². The summed E-state index contributed by atoms with van der Waals surface area (Å²) in [4.78, 5) is 0. The second-order valence-corrected chi connectivity index (χ2v) is 4.15. The molecule has 0 heterocycles. The second kappa shape index (κ2) is 3.64. The van der Waals surface area contributed by atoms with Crippen molar-refractivity contribution in [2.45, 2.75) is 6.42 Å². The van der Waals surface area contributed by atoms with Crippen LogP contribution in [0.15, 0.2) is 54.6 Å². The lowest BCUT2D eigenvalue weighted by Crippen LogP contribution is -1.96. The summed E-state index contributed by atoms with van der Waals surface area (Å²) < 4.78 is 0. The van der Waals surface area contributed by atoms with Gasteiger partial charge in [0, 0.05) is 6.42 Å². The van der Waals surface area contributed by atoms with Crippen molar-refractivity contribution < 1.29 is 0 Å². The average Bonchev–Trinajstić information content (AvgIpc) is 2.30. The van der Waals surface area contributed by atoms with Crippen LogP contribution in [0, 0.1) is 6.42 Å². The van der Waals surface area contributed by atoms with E-state index in [0.29, 0.717) is 0 Å². The highest BCUT2D eigenvalue weighted by molar-refractivity contribution is 5.97. The molecule has 0 N–H and O–H groups in total. The fourth-order valence-electron chi connectivity index (χ4n) is 2.37. The fourth-order valence-corrected chi connectivity index (χ4v) is 2.37. The maximum Gasteiger partial charge on any atom is 0.0168 e. The first kappa shape index (κ1) is 9.41. The van der Waals surface area contributed by atoms with Gasteiger partial charge in [0.05, 0.1) is 0 Å². The van der Waals surface area contributed by atoms with Gasteiger partial charge < -0.3 is 0 Å². The van der Waals surface area contributed by atoms with E-state index in [1.165, 1.54) is 27.5 Å². The monoisotopic (exact) mass is 205 g/mol. The maximum absolute atomic E-state index is 3.80. The molecule has 0 aliphatic heterocycles. The largest absolute Gasteiger partial charge is 0.103 e. The molecular formula is C16H13. The molecule has 0 saturated heterocycles. The third-order valence-electron chi connectivity index (χ3n) is 3.03. The number of allylic oxidation sites excluding steroid dienone is 2. The summed E-state index contributed by atoms with van der Waals surface area (Å²) in [6, 6.07) is 12.9. The van der Waals surface area contributed by atoms with Crippen molar-refractivity contribution in [3.8, 4) is 0 Å². The summed E-state index contributed by atoms with van der Waals surface area (Å²) in [6.07, 6.45) is 7.41. The highest BCUT2D eigenvalue weighted by Crippen LogP contribution is 2.33. The zero-order valence-electron chi connectivity index (χ0n) is 9.11. The summed E-state index contributed by atoms with van der Waals surface area (Å²) in [7, 11) is 0. The Morgan fingerprint density at radius 2 is 1.75 bits per heavy atom. The molecule has 0 heteroatoms. The lowest BCUT2D eigenvalue weighted by molar-refractivity contribution is 1.24. The van der Waals surface area contributed by atoms with Gasteiger partial charge in [-0.05, 0) is 28.3 Å². The molecule has 0 fully saturated rings. The summed E-state index contributed by atoms with van der Waals surface area (Å²) >= 11 is 0. The highest BCUT2D eigenvalue weighted by Gasteiger charge is 2.12. The number of hydrogen-bond acceptors (Lipinski definition) is 0. The SMILES string of the molecule is C=CCC1=Cc2cccc3cccc(c23)[CH]1. The van der Waals surface area contributed by atoms with Crippen molar-refractivity contribution in [3.05, 3.63) is 72.2 Å². The third kappa shape index (κ3) is 1.38. The summed E-state index contributed by atoms with van der Waals surface area (Å²) in [5.74, 6) is 0. The molecule has 2 aromatic carbocycles. The summed E-state index contributed by atoms with van der Waals surface area (Å²) in [5.41, 5.74) is 3.99. The molecular weight excluding hydrogens is 192 g/mol. The minimum atomic E-state index is 0.935. The maximum atomic E-state index is 3.80. The van der Waals surface area contributed by atoms with Gasteiger partial charge in [0.15, 0.2) is 0 Å². The Labute approximate surface area is 95.9 Å². The molecule has 1 radical (unpaired) electrons. The van der Waals surface area contributed by atoms with E-state index in [1.807, 2.05) is 6.08 Å². The van der Waals surface area contributed by atoms with E-state index in [-0.39, 0.29) is 0 Å². The van der Waals surface area contributed by atoms with Crippen molar-refractivity contribution in [1.29, 1.82) is 0 Å². The van der Waals surface area contributed by atoms with Gasteiger partial charge >= 0.3 is 0 Å². The number of benzene rings is 2. The molecule has 2 aromatic rings. The predicted molar refractivity (Wildman–Crippen MR) is 70.1 cm³/mol. The Morgan fingerprint density at radius 3 is 2.50 bits per heavy atom. The van der Waals surface area contributed by atoms with Crippen LogP contribution in [0.4, 0.5) is 0 Å². The van der Waals surface area contributed by atoms with Crippen LogP contribution in [-0.2, 0) is 0 Å². The minimum Gasteiger partial charge on any atom is -0.103 e. The quantitative estimate of drug-likeness (QED) is 0.639. The molecule has 1 aliphatic carbocycles. The van der Waals surface area contributed by atoms with Crippen LogP contribution in [0.5, 0.6) is 0 Å². The Hall–Kier alpha value is -1.82. The van der Waals surface area contributed by atoms with E-state index in [9.17, 15) is 0 Å². The van der Waals surface area contributed by atoms with Crippen LogP contribution in [0.2, 0.25) is 0 Å². The number of hydrogen-bond donors (Lipinski definition) is 0. The topological polar surface area (TPSA) is 0 Å². The highest BCUT2D eigenvalue weighted by atomic mass is 14.2. The second-order valence-electron chi connectivity index (χ2n) is 4.15. The molecule has 0 amide bonds. The predicted octanol–water partition coefficient (Wildman–Crippen LogP) is 4.37. The standard InChI is InChI=1S/C16H13/c1-2-5-12-10-14-8-3-6-13-7-4-9-15(11-12)16(13)14/h2-4,6-11H,1,5H2. The van der Waals surface area contributed by atoms with Gasteiger partial charge in [-0.1, -0.05) is 54.1 Å². The van der Waals surface area contributed by atoms with Crippen LogP contribution >= 0.6 is 0 Å². The Morgan fingerprint density at radius 1 is 1.00 bits per heavy atom. The molecule has 1 aliphatic rings. The molecule has 0 saturated carbocycles. The van der Waals surface area contributed by atoms with Crippen LogP contribution in [0.1, 0.15) is 17.5 Å². The molecule has 0 aromatic heterocycles. The van der Waals surface area contributed by atoms with Crippen LogP contribution in [-0.4, -0.2) is 0 Å². The first-order chi connectivity index (χ1) is 7.88. The molecule has 16 heavy (non-hydrogen) atoms. The molecule has 3 rings (SSSR count). The molecule has 77 valence electrons. The van der Waals surface area contributed by atoms with E-state index in [1.54, 1.807) is 0 Å². The molecule has 0 atom stereocenters. The van der Waals surface area contributed by atoms with Gasteiger partial charge in [-0.2, -0.15) is 0 Å². The summed E-state index contributed by atoms with van der Waals surface area (Å²) in [6.45, 7) is 3.80. The average molecular weight is 205 g/mol. The Kier molecular flexibility index (Phi) is 2.14. The van der Waals surface area contributed by atoms with E-state index >= 15 is 0 Å². The molecule has 0 spiro atoms. The van der Waals surface area contributed by atoms with Gasteiger partial charge in [0.2, 0.25) is 0 Å². The third-order valence-corrected chi connectivity index (χ3v) is 3.03. The van der Waals surface area contributed by atoms with E-state index in [2.05, 4.69) is 55.5 Å².